The Kier molecular flexibility index (Phi) is 4.12. The van der Waals surface area contributed by atoms with Gasteiger partial charge in [0.1, 0.15) is 5.75 Å². The molecule has 21 heavy (non-hydrogen) atoms. The zero-order chi connectivity index (χ0) is 14.7. The standard InChI is InChI=1S/C17H15BrN2O/c18-13-3-6-17-15(11-13)16(8-10-21-17)20-14-4-1-12(2-5-14)7-9-19/h1-6,11,16,20H,7-8,10H2. The lowest BCUT2D eigenvalue weighted by molar-refractivity contribution is 0.274. The molecule has 0 bridgehead atoms. The molecule has 1 aliphatic heterocycles. The number of benzene rings is 2. The summed E-state index contributed by atoms with van der Waals surface area (Å²) in [5.41, 5.74) is 3.28. The highest BCUT2D eigenvalue weighted by molar-refractivity contribution is 9.10. The normalized spacial score (nSPS) is 16.5. The zero-order valence-corrected chi connectivity index (χ0v) is 13.1. The first-order chi connectivity index (χ1) is 10.3. The second-order valence-corrected chi connectivity index (χ2v) is 5.96. The van der Waals surface area contributed by atoms with Crippen LogP contribution in [0.5, 0.6) is 5.75 Å². The maximum absolute atomic E-state index is 8.70. The van der Waals surface area contributed by atoms with E-state index in [0.717, 1.165) is 34.5 Å². The Hall–Kier alpha value is -1.99. The molecule has 2 aromatic carbocycles. The molecular formula is C17H15BrN2O. The van der Waals surface area contributed by atoms with Gasteiger partial charge in [0.2, 0.25) is 0 Å². The predicted molar refractivity (Wildman–Crippen MR) is 86.4 cm³/mol. The minimum Gasteiger partial charge on any atom is -0.493 e. The van der Waals surface area contributed by atoms with E-state index in [4.69, 9.17) is 10.00 Å². The Balaban J connectivity index is 1.80. The zero-order valence-electron chi connectivity index (χ0n) is 11.5. The van der Waals surface area contributed by atoms with E-state index in [9.17, 15) is 0 Å². The number of fused-ring (bicyclic) bond motifs is 1. The van der Waals surface area contributed by atoms with Crippen molar-refractivity contribution in [2.45, 2.75) is 18.9 Å². The Labute approximate surface area is 132 Å². The summed E-state index contributed by atoms with van der Waals surface area (Å²) in [6, 6.07) is 16.6. The lowest BCUT2D eigenvalue weighted by Gasteiger charge is -2.27. The van der Waals surface area contributed by atoms with Crippen molar-refractivity contribution < 1.29 is 4.74 Å². The van der Waals surface area contributed by atoms with Crippen molar-refractivity contribution in [3.8, 4) is 11.8 Å². The Bertz CT molecular complexity index is 676. The first kappa shape index (κ1) is 14.0. The number of halogens is 1. The van der Waals surface area contributed by atoms with Crippen molar-refractivity contribution >= 4 is 21.6 Å². The van der Waals surface area contributed by atoms with Crippen molar-refractivity contribution in [2.75, 3.05) is 11.9 Å². The van der Waals surface area contributed by atoms with Gasteiger partial charge >= 0.3 is 0 Å². The SMILES string of the molecule is N#CCc1ccc(NC2CCOc3ccc(Br)cc32)cc1. The fraction of sp³-hybridized carbons (Fsp3) is 0.235. The third kappa shape index (κ3) is 3.20. The third-order valence-corrected chi connectivity index (χ3v) is 4.08. The van der Waals surface area contributed by atoms with E-state index in [1.807, 2.05) is 36.4 Å². The van der Waals surface area contributed by atoms with Crippen LogP contribution >= 0.6 is 15.9 Å². The molecule has 0 saturated heterocycles. The second kappa shape index (κ2) is 6.19. The molecule has 1 aliphatic rings. The van der Waals surface area contributed by atoms with Gasteiger partial charge < -0.3 is 10.1 Å². The van der Waals surface area contributed by atoms with Gasteiger partial charge in [0.15, 0.2) is 0 Å². The fourth-order valence-corrected chi connectivity index (χ4v) is 2.91. The molecule has 0 amide bonds. The molecule has 1 atom stereocenters. The highest BCUT2D eigenvalue weighted by Crippen LogP contribution is 2.36. The van der Waals surface area contributed by atoms with Crippen LogP contribution in [0.1, 0.15) is 23.6 Å². The fourth-order valence-electron chi connectivity index (χ4n) is 2.53. The van der Waals surface area contributed by atoms with Gasteiger partial charge in [-0.25, -0.2) is 0 Å². The molecule has 0 fully saturated rings. The van der Waals surface area contributed by atoms with Gasteiger partial charge in [-0.15, -0.1) is 0 Å². The van der Waals surface area contributed by atoms with Crippen LogP contribution in [0.3, 0.4) is 0 Å². The van der Waals surface area contributed by atoms with Gasteiger partial charge in [-0.1, -0.05) is 28.1 Å². The number of hydrogen-bond donors (Lipinski definition) is 1. The largest absolute Gasteiger partial charge is 0.493 e. The quantitative estimate of drug-likeness (QED) is 0.895. The van der Waals surface area contributed by atoms with E-state index in [1.54, 1.807) is 0 Å². The summed E-state index contributed by atoms with van der Waals surface area (Å²) in [6.45, 7) is 0.721. The highest BCUT2D eigenvalue weighted by Gasteiger charge is 2.21. The molecule has 0 saturated carbocycles. The van der Waals surface area contributed by atoms with Crippen LogP contribution in [-0.4, -0.2) is 6.61 Å². The van der Waals surface area contributed by atoms with E-state index >= 15 is 0 Å². The molecule has 3 rings (SSSR count). The van der Waals surface area contributed by atoms with Crippen LogP contribution in [0.4, 0.5) is 5.69 Å². The Morgan fingerprint density at radius 1 is 1.24 bits per heavy atom. The Morgan fingerprint density at radius 2 is 2.05 bits per heavy atom. The lowest BCUT2D eigenvalue weighted by atomic mass is 10.00. The molecule has 1 N–H and O–H groups in total. The summed E-state index contributed by atoms with van der Waals surface area (Å²) >= 11 is 3.52. The average Bonchev–Trinajstić information content (AvgIpc) is 2.50. The van der Waals surface area contributed by atoms with Crippen molar-refractivity contribution in [1.29, 1.82) is 5.26 Å². The van der Waals surface area contributed by atoms with Crippen molar-refractivity contribution in [3.05, 3.63) is 58.1 Å². The predicted octanol–water partition coefficient (Wildman–Crippen LogP) is 4.45. The van der Waals surface area contributed by atoms with Gasteiger partial charge in [0.25, 0.3) is 0 Å². The van der Waals surface area contributed by atoms with Crippen LogP contribution in [-0.2, 0) is 6.42 Å². The maximum Gasteiger partial charge on any atom is 0.124 e. The van der Waals surface area contributed by atoms with Crippen molar-refractivity contribution in [2.24, 2.45) is 0 Å². The monoisotopic (exact) mass is 342 g/mol. The molecule has 1 unspecified atom stereocenters. The van der Waals surface area contributed by atoms with Crippen LogP contribution in [0.25, 0.3) is 0 Å². The summed E-state index contributed by atoms with van der Waals surface area (Å²) in [6.07, 6.45) is 1.39. The molecular weight excluding hydrogens is 328 g/mol. The van der Waals surface area contributed by atoms with Crippen LogP contribution in [0.2, 0.25) is 0 Å². The Morgan fingerprint density at radius 3 is 2.81 bits per heavy atom. The molecule has 3 nitrogen and oxygen atoms in total. The van der Waals surface area contributed by atoms with Gasteiger partial charge in [-0.05, 0) is 35.9 Å². The molecule has 1 heterocycles. The molecule has 0 aliphatic carbocycles. The minimum absolute atomic E-state index is 0.244. The van der Waals surface area contributed by atoms with E-state index in [1.165, 1.54) is 5.56 Å². The number of hydrogen-bond acceptors (Lipinski definition) is 3. The highest BCUT2D eigenvalue weighted by atomic mass is 79.9. The van der Waals surface area contributed by atoms with E-state index in [2.05, 4.69) is 33.4 Å². The average molecular weight is 343 g/mol. The van der Waals surface area contributed by atoms with Gasteiger partial charge in [-0.2, -0.15) is 5.26 Å². The number of nitriles is 1. The van der Waals surface area contributed by atoms with E-state index in [-0.39, 0.29) is 6.04 Å². The number of rotatable bonds is 3. The first-order valence-electron chi connectivity index (χ1n) is 6.91. The van der Waals surface area contributed by atoms with Crippen molar-refractivity contribution in [1.82, 2.24) is 0 Å². The van der Waals surface area contributed by atoms with E-state index < -0.39 is 0 Å². The van der Waals surface area contributed by atoms with E-state index in [0.29, 0.717) is 6.42 Å². The molecule has 0 spiro atoms. The number of ether oxygens (including phenoxy) is 1. The minimum atomic E-state index is 0.244. The molecule has 0 aromatic heterocycles. The third-order valence-electron chi connectivity index (χ3n) is 3.59. The lowest BCUT2D eigenvalue weighted by Crippen LogP contribution is -2.20. The van der Waals surface area contributed by atoms with Gasteiger partial charge in [-0.3, -0.25) is 0 Å². The number of nitrogens with zero attached hydrogens (tertiary/aromatic N) is 1. The topological polar surface area (TPSA) is 45.0 Å². The number of anilines is 1. The van der Waals surface area contributed by atoms with Crippen LogP contribution in [0, 0.1) is 11.3 Å². The first-order valence-corrected chi connectivity index (χ1v) is 7.70. The molecule has 0 radical (unpaired) electrons. The molecule has 2 aromatic rings. The maximum atomic E-state index is 8.70. The van der Waals surface area contributed by atoms with Crippen LogP contribution in [0.15, 0.2) is 46.9 Å². The van der Waals surface area contributed by atoms with Gasteiger partial charge in [0, 0.05) is 22.1 Å². The number of nitrogens with one attached hydrogen (secondary N) is 1. The van der Waals surface area contributed by atoms with Crippen molar-refractivity contribution in [3.63, 3.8) is 0 Å². The summed E-state index contributed by atoms with van der Waals surface area (Å²) in [5, 5.41) is 12.3. The summed E-state index contributed by atoms with van der Waals surface area (Å²) in [4.78, 5) is 0. The second-order valence-electron chi connectivity index (χ2n) is 5.05. The molecule has 106 valence electrons. The summed E-state index contributed by atoms with van der Waals surface area (Å²) in [7, 11) is 0. The van der Waals surface area contributed by atoms with Crippen LogP contribution < -0.4 is 10.1 Å². The molecule has 4 heteroatoms. The smallest absolute Gasteiger partial charge is 0.124 e. The summed E-state index contributed by atoms with van der Waals surface area (Å²) in [5.74, 6) is 0.947. The van der Waals surface area contributed by atoms with Gasteiger partial charge in [0.05, 0.1) is 25.1 Å². The summed E-state index contributed by atoms with van der Waals surface area (Å²) < 4.78 is 6.76.